The zero-order valence-electron chi connectivity index (χ0n) is 22.3. The fraction of sp³-hybridized carbons (Fsp3) is 0.556. The average molecular weight is 504 g/mol. The first-order valence-electron chi connectivity index (χ1n) is 12.4. The van der Waals surface area contributed by atoms with Crippen LogP contribution in [0, 0.1) is 0 Å². The lowest BCUT2D eigenvalue weighted by Gasteiger charge is -2.11. The van der Waals surface area contributed by atoms with Crippen molar-refractivity contribution in [2.75, 3.05) is 40.0 Å². The zero-order valence-corrected chi connectivity index (χ0v) is 22.3. The topological polar surface area (TPSA) is 116 Å². The van der Waals surface area contributed by atoms with Crippen LogP contribution in [0.2, 0.25) is 0 Å². The van der Waals surface area contributed by atoms with Crippen LogP contribution < -0.4 is 15.4 Å². The van der Waals surface area contributed by atoms with E-state index < -0.39 is 11.9 Å². The minimum atomic E-state index is -0.603. The molecule has 1 heterocycles. The normalized spacial score (nSPS) is 11.0. The van der Waals surface area contributed by atoms with Crippen LogP contribution in [0.5, 0.6) is 5.75 Å². The molecule has 0 radical (unpaired) electrons. The monoisotopic (exact) mass is 503 g/mol. The molecule has 36 heavy (non-hydrogen) atoms. The zero-order chi connectivity index (χ0) is 26.8. The molecule has 0 unspecified atom stereocenters. The third-order valence-corrected chi connectivity index (χ3v) is 5.10. The Morgan fingerprint density at radius 2 is 1.78 bits per heavy atom. The minimum absolute atomic E-state index is 0.0267. The van der Waals surface area contributed by atoms with Gasteiger partial charge in [0.15, 0.2) is 11.4 Å². The fourth-order valence-corrected chi connectivity index (χ4v) is 2.98. The molecule has 1 aromatic heterocycles. The van der Waals surface area contributed by atoms with E-state index in [0.29, 0.717) is 19.6 Å². The summed E-state index contributed by atoms with van der Waals surface area (Å²) >= 11 is 0. The number of nitrogens with zero attached hydrogens (tertiary/aromatic N) is 1. The number of unbranched alkanes of at least 4 members (excludes halogenated alkanes) is 1. The summed E-state index contributed by atoms with van der Waals surface area (Å²) < 4.78 is 15.8. The number of pyridine rings is 1. The van der Waals surface area contributed by atoms with Gasteiger partial charge in [-0.15, -0.1) is 0 Å². The van der Waals surface area contributed by atoms with E-state index in [1.807, 2.05) is 13.0 Å². The molecule has 0 saturated carbocycles. The van der Waals surface area contributed by atoms with Crippen LogP contribution in [-0.2, 0) is 14.3 Å². The van der Waals surface area contributed by atoms with Gasteiger partial charge in [0.25, 0.3) is 11.8 Å². The Kier molecular flexibility index (Phi) is 15.5. The van der Waals surface area contributed by atoms with Crippen molar-refractivity contribution in [3.63, 3.8) is 0 Å². The molecule has 0 spiro atoms. The van der Waals surface area contributed by atoms with Crippen molar-refractivity contribution in [1.29, 1.82) is 0 Å². The molecular weight excluding hydrogens is 462 g/mol. The predicted octanol–water partition coefficient (Wildman–Crippen LogP) is 3.99. The number of aromatic nitrogens is 1. The van der Waals surface area contributed by atoms with E-state index in [1.165, 1.54) is 24.9 Å². The lowest BCUT2D eigenvalue weighted by molar-refractivity contribution is -0.141. The number of amides is 2. The Morgan fingerprint density at radius 3 is 2.47 bits per heavy atom. The van der Waals surface area contributed by atoms with Gasteiger partial charge in [-0.2, -0.15) is 0 Å². The second-order valence-electron chi connectivity index (χ2n) is 8.59. The summed E-state index contributed by atoms with van der Waals surface area (Å²) in [5.74, 6) is -1.36. The molecule has 2 amide bonds. The number of carbonyl (C=O) groups is 3. The number of rotatable bonds is 17. The Labute approximate surface area is 214 Å². The van der Waals surface area contributed by atoms with E-state index >= 15 is 0 Å². The van der Waals surface area contributed by atoms with Crippen molar-refractivity contribution in [1.82, 2.24) is 15.6 Å². The first-order valence-corrected chi connectivity index (χ1v) is 12.4. The van der Waals surface area contributed by atoms with Gasteiger partial charge in [0.05, 0.1) is 12.7 Å². The van der Waals surface area contributed by atoms with E-state index in [2.05, 4.69) is 42.5 Å². The Balaban J connectivity index is 2.48. The summed E-state index contributed by atoms with van der Waals surface area (Å²) in [7, 11) is 1.38. The number of methoxy groups -OCH3 is 1. The molecule has 2 N–H and O–H groups in total. The summed E-state index contributed by atoms with van der Waals surface area (Å²) in [6.07, 6.45) is 9.95. The molecule has 0 saturated heterocycles. The number of carbonyl (C=O) groups excluding carboxylic acids is 3. The van der Waals surface area contributed by atoms with Gasteiger partial charge in [-0.05, 0) is 58.6 Å². The average Bonchev–Trinajstić information content (AvgIpc) is 2.85. The van der Waals surface area contributed by atoms with Crippen molar-refractivity contribution < 1.29 is 28.6 Å². The number of hydrogen-bond donors (Lipinski definition) is 2. The first-order chi connectivity index (χ1) is 17.3. The quantitative estimate of drug-likeness (QED) is 0.188. The molecule has 1 rings (SSSR count). The second-order valence-corrected chi connectivity index (χ2v) is 8.59. The summed E-state index contributed by atoms with van der Waals surface area (Å²) in [4.78, 5) is 40.9. The van der Waals surface area contributed by atoms with E-state index in [4.69, 9.17) is 14.2 Å². The lowest BCUT2D eigenvalue weighted by atomic mass is 10.1. The maximum atomic E-state index is 12.5. The largest absolute Gasteiger partial charge is 0.494 e. The molecule has 0 aliphatic rings. The molecule has 0 atom stereocenters. The number of allylic oxidation sites excluding steroid dienone is 3. The van der Waals surface area contributed by atoms with E-state index in [9.17, 15) is 14.4 Å². The number of ether oxygens (including phenoxy) is 3. The van der Waals surface area contributed by atoms with Gasteiger partial charge >= 0.3 is 5.97 Å². The van der Waals surface area contributed by atoms with Crippen LogP contribution in [0.4, 0.5) is 0 Å². The predicted molar refractivity (Wildman–Crippen MR) is 139 cm³/mol. The highest BCUT2D eigenvalue weighted by atomic mass is 16.5. The van der Waals surface area contributed by atoms with Crippen LogP contribution in [0.1, 0.15) is 80.6 Å². The molecule has 0 aliphatic heterocycles. The van der Waals surface area contributed by atoms with Crippen molar-refractivity contribution in [3.05, 3.63) is 46.8 Å². The molecule has 9 heteroatoms. The second kappa shape index (κ2) is 18.1. The standard InChI is InChI=1S/C27H41N3O6/c1-6-7-14-35-15-9-13-28-26(32)22-17-23(34-5)25(29-18-22)27(33)30-19-24(31)36-16-12-21(4)11-8-10-20(2)3/h10,12,17-18H,6-9,11,13-16,19H2,1-5H3,(H,28,32)(H,30,33). The lowest BCUT2D eigenvalue weighted by Crippen LogP contribution is -2.32. The van der Waals surface area contributed by atoms with Crippen LogP contribution >= 0.6 is 0 Å². The molecule has 0 aromatic carbocycles. The van der Waals surface area contributed by atoms with Gasteiger partial charge in [-0.25, -0.2) is 4.98 Å². The SMILES string of the molecule is CCCCOCCCNC(=O)c1cnc(C(=O)NCC(=O)OCC=C(C)CCC=C(C)C)c(OC)c1. The summed E-state index contributed by atoms with van der Waals surface area (Å²) in [6, 6.07) is 1.44. The third-order valence-electron chi connectivity index (χ3n) is 5.10. The summed E-state index contributed by atoms with van der Waals surface area (Å²) in [5, 5.41) is 5.26. The number of hydrogen-bond acceptors (Lipinski definition) is 7. The number of esters is 1. The smallest absolute Gasteiger partial charge is 0.325 e. The van der Waals surface area contributed by atoms with Gasteiger partial charge in [0.2, 0.25) is 0 Å². The highest BCUT2D eigenvalue weighted by molar-refractivity contribution is 5.99. The van der Waals surface area contributed by atoms with Crippen molar-refractivity contribution >= 4 is 17.8 Å². The van der Waals surface area contributed by atoms with Crippen molar-refractivity contribution in [2.45, 2.75) is 59.8 Å². The Bertz CT molecular complexity index is 907. The van der Waals surface area contributed by atoms with E-state index in [0.717, 1.165) is 37.9 Å². The van der Waals surface area contributed by atoms with E-state index in [-0.39, 0.29) is 36.1 Å². The van der Waals surface area contributed by atoms with Crippen molar-refractivity contribution in [3.8, 4) is 5.75 Å². The highest BCUT2D eigenvalue weighted by Gasteiger charge is 2.18. The Hall–Kier alpha value is -3.20. The highest BCUT2D eigenvalue weighted by Crippen LogP contribution is 2.17. The molecule has 0 aliphatic carbocycles. The van der Waals surface area contributed by atoms with Gasteiger partial charge in [-0.1, -0.05) is 30.6 Å². The first kappa shape index (κ1) is 30.8. The third kappa shape index (κ3) is 13.0. The van der Waals surface area contributed by atoms with Gasteiger partial charge in [-0.3, -0.25) is 14.4 Å². The summed E-state index contributed by atoms with van der Waals surface area (Å²) in [6.45, 7) is 9.79. The number of nitrogens with one attached hydrogen (secondary N) is 2. The van der Waals surface area contributed by atoms with Crippen LogP contribution in [0.15, 0.2) is 35.6 Å². The molecule has 0 fully saturated rings. The Morgan fingerprint density at radius 1 is 1.03 bits per heavy atom. The van der Waals surface area contributed by atoms with Crippen LogP contribution in [-0.4, -0.2) is 62.8 Å². The van der Waals surface area contributed by atoms with Crippen molar-refractivity contribution in [2.24, 2.45) is 0 Å². The van der Waals surface area contributed by atoms with Gasteiger partial charge < -0.3 is 24.8 Å². The maximum Gasteiger partial charge on any atom is 0.325 e. The fourth-order valence-electron chi connectivity index (χ4n) is 2.98. The molecule has 200 valence electrons. The molecule has 1 aromatic rings. The molecule has 9 nitrogen and oxygen atoms in total. The maximum absolute atomic E-state index is 12.5. The van der Waals surface area contributed by atoms with E-state index in [1.54, 1.807) is 0 Å². The van der Waals surface area contributed by atoms with Crippen LogP contribution in [0.25, 0.3) is 0 Å². The van der Waals surface area contributed by atoms with Gasteiger partial charge in [0.1, 0.15) is 13.2 Å². The van der Waals surface area contributed by atoms with Crippen LogP contribution in [0.3, 0.4) is 0 Å². The minimum Gasteiger partial charge on any atom is -0.494 e. The molecule has 0 bridgehead atoms. The summed E-state index contributed by atoms with van der Waals surface area (Å²) in [5.41, 5.74) is 2.64. The molecular formula is C27H41N3O6. The van der Waals surface area contributed by atoms with Gasteiger partial charge in [0, 0.05) is 26.0 Å².